The number of pyridine rings is 1. The minimum absolute atomic E-state index is 0.0215. The lowest BCUT2D eigenvalue weighted by atomic mass is 9.85. The summed E-state index contributed by atoms with van der Waals surface area (Å²) in [5.41, 5.74) is 4.81. The van der Waals surface area contributed by atoms with Crippen molar-refractivity contribution in [2.75, 3.05) is 48.6 Å². The van der Waals surface area contributed by atoms with E-state index in [1.807, 2.05) is 12.1 Å². The Morgan fingerprint density at radius 3 is 2.49 bits per heavy atom. The van der Waals surface area contributed by atoms with E-state index in [4.69, 9.17) is 4.84 Å². The van der Waals surface area contributed by atoms with Crippen LogP contribution in [0.1, 0.15) is 61.4 Å². The zero-order valence-electron chi connectivity index (χ0n) is 29.3. The highest BCUT2D eigenvalue weighted by atomic mass is 32.2. The van der Waals surface area contributed by atoms with E-state index in [9.17, 15) is 22.7 Å². The monoisotopic (exact) mass is 753 g/mol. The number of hydrazine groups is 2. The number of nitrogens with one attached hydrogen (secondary N) is 2. The number of aromatic nitrogens is 2. The van der Waals surface area contributed by atoms with Crippen molar-refractivity contribution in [2.24, 2.45) is 11.8 Å². The van der Waals surface area contributed by atoms with E-state index in [-0.39, 0.29) is 31.0 Å². The highest BCUT2D eigenvalue weighted by Gasteiger charge is 2.34. The van der Waals surface area contributed by atoms with Gasteiger partial charge in [0, 0.05) is 67.7 Å². The Labute approximate surface area is 307 Å². The summed E-state index contributed by atoms with van der Waals surface area (Å²) in [5, 5.41) is 3.08. The Balaban J connectivity index is 1.03. The number of fused-ring (bicyclic) bond motifs is 1. The summed E-state index contributed by atoms with van der Waals surface area (Å²) >= 11 is -2.81. The maximum atomic E-state index is 15.9. The van der Waals surface area contributed by atoms with Gasteiger partial charge < -0.3 is 14.7 Å². The number of hydroxylamine groups is 1. The average Bonchev–Trinajstić information content (AvgIpc) is 3.70. The first kappa shape index (κ1) is 37.0. The third-order valence-corrected chi connectivity index (χ3v) is 11.1. The molecule has 0 bridgehead atoms. The van der Waals surface area contributed by atoms with E-state index >= 15 is 8.78 Å². The van der Waals surface area contributed by atoms with Gasteiger partial charge in [0.2, 0.25) is 5.78 Å². The molecule has 5 heterocycles. The molecule has 3 aliphatic rings. The van der Waals surface area contributed by atoms with Gasteiger partial charge in [0.05, 0.1) is 18.7 Å². The summed E-state index contributed by atoms with van der Waals surface area (Å²) < 4.78 is 67.8. The number of alkyl halides is 1. The van der Waals surface area contributed by atoms with E-state index < -0.39 is 46.1 Å². The number of aromatic amines is 1. The van der Waals surface area contributed by atoms with Crippen molar-refractivity contribution in [3.8, 4) is 11.1 Å². The first-order valence-electron chi connectivity index (χ1n) is 17.9. The van der Waals surface area contributed by atoms with Crippen molar-refractivity contribution in [3.63, 3.8) is 0 Å². The van der Waals surface area contributed by atoms with Crippen LogP contribution >= 0.6 is 0 Å². The fourth-order valence-corrected chi connectivity index (χ4v) is 8.37. The topological polar surface area (TPSA) is 134 Å². The number of rotatable bonds is 10. The van der Waals surface area contributed by atoms with Gasteiger partial charge in [-0.1, -0.05) is 17.3 Å². The first-order valence-corrected chi connectivity index (χ1v) is 19.0. The quantitative estimate of drug-likeness (QED) is 0.132. The van der Waals surface area contributed by atoms with Crippen LogP contribution in [0.15, 0.2) is 54.9 Å². The molecule has 2 aromatic heterocycles. The van der Waals surface area contributed by atoms with Crippen LogP contribution in [0.25, 0.3) is 22.2 Å². The molecule has 3 saturated heterocycles. The second kappa shape index (κ2) is 15.9. The van der Waals surface area contributed by atoms with E-state index in [1.165, 1.54) is 18.1 Å². The zero-order chi connectivity index (χ0) is 37.2. The largest absolute Gasteiger partial charge is 0.372 e. The van der Waals surface area contributed by atoms with Gasteiger partial charge in [-0.2, -0.15) is 4.41 Å². The minimum atomic E-state index is -2.81. The number of ketones is 1. The molecule has 3 aliphatic heterocycles. The molecule has 16 heteroatoms. The number of piperidine rings is 1. The first-order chi connectivity index (χ1) is 25.5. The maximum Gasteiger partial charge on any atom is 0.323 e. The molecule has 3 atom stereocenters. The normalized spacial score (nSPS) is 21.1. The smallest absolute Gasteiger partial charge is 0.323 e. The van der Waals surface area contributed by atoms with Gasteiger partial charge in [-0.25, -0.2) is 32.8 Å². The van der Waals surface area contributed by atoms with Crippen LogP contribution in [0.3, 0.4) is 0 Å². The number of hydrogen-bond donors (Lipinski definition) is 3. The highest BCUT2D eigenvalue weighted by Crippen LogP contribution is 2.34. The maximum absolute atomic E-state index is 15.9. The van der Waals surface area contributed by atoms with Crippen molar-refractivity contribution < 1.29 is 36.4 Å². The summed E-state index contributed by atoms with van der Waals surface area (Å²) in [4.78, 5) is 40.0. The van der Waals surface area contributed by atoms with Crippen molar-refractivity contribution in [3.05, 3.63) is 77.6 Å². The molecule has 282 valence electrons. The number of hydrogen-bond acceptors (Lipinski definition) is 9. The molecular formula is C37H42F3N7O5S. The van der Waals surface area contributed by atoms with Crippen LogP contribution in [0, 0.1) is 23.5 Å². The third kappa shape index (κ3) is 8.11. The Bertz CT molecular complexity index is 1990. The van der Waals surface area contributed by atoms with Crippen LogP contribution in [0.5, 0.6) is 0 Å². The highest BCUT2D eigenvalue weighted by molar-refractivity contribution is 7.80. The molecule has 2 unspecified atom stereocenters. The Hall–Kier alpha value is -4.35. The lowest BCUT2D eigenvalue weighted by Gasteiger charge is -2.35. The van der Waals surface area contributed by atoms with Crippen molar-refractivity contribution in [1.82, 2.24) is 25.6 Å². The number of carbonyl (C=O) groups excluding carboxylic acids is 2. The van der Waals surface area contributed by atoms with Crippen molar-refractivity contribution in [2.45, 2.75) is 51.6 Å². The van der Waals surface area contributed by atoms with Crippen molar-refractivity contribution >= 4 is 45.4 Å². The van der Waals surface area contributed by atoms with E-state index in [2.05, 4.69) is 32.4 Å². The predicted octanol–water partition coefficient (Wildman–Crippen LogP) is 5.94. The second-order valence-electron chi connectivity index (χ2n) is 14.0. The molecule has 7 rings (SSSR count). The third-order valence-electron chi connectivity index (χ3n) is 10.4. The summed E-state index contributed by atoms with van der Waals surface area (Å²) in [6, 6.07) is 11.6. The minimum Gasteiger partial charge on any atom is -0.372 e. The summed E-state index contributed by atoms with van der Waals surface area (Å²) in [7, 11) is 0. The Kier molecular flexibility index (Phi) is 11.1. The van der Waals surface area contributed by atoms with Gasteiger partial charge >= 0.3 is 5.97 Å². The van der Waals surface area contributed by atoms with E-state index in [1.54, 1.807) is 17.4 Å². The van der Waals surface area contributed by atoms with Gasteiger partial charge in [0.15, 0.2) is 5.82 Å². The molecule has 53 heavy (non-hydrogen) atoms. The molecule has 0 aliphatic carbocycles. The molecule has 0 saturated carbocycles. The second-order valence-corrected chi connectivity index (χ2v) is 14.8. The van der Waals surface area contributed by atoms with Gasteiger partial charge in [-0.3, -0.25) is 14.1 Å². The lowest BCUT2D eigenvalue weighted by molar-refractivity contribution is -0.203. The molecule has 3 fully saturated rings. The Morgan fingerprint density at radius 1 is 1.02 bits per heavy atom. The SMILES string of the molecule is CC(=O)ON1CCC[C@H](CC2CCN(c3ccc(-c4cnc5[nH]cc(C(=O)c6c(F)ccc(N(N7CCC(F)C7)S(=O)O)c6F)c5c4)cc3)CC2)CN1. The van der Waals surface area contributed by atoms with Crippen LogP contribution < -0.4 is 14.7 Å². The van der Waals surface area contributed by atoms with Gasteiger partial charge in [-0.15, -0.1) is 0 Å². The number of benzene rings is 2. The molecule has 3 N–H and O–H groups in total. The number of nitrogens with zero attached hydrogens (tertiary/aromatic N) is 5. The zero-order valence-corrected chi connectivity index (χ0v) is 30.1. The van der Waals surface area contributed by atoms with Crippen LogP contribution in [-0.2, 0) is 20.9 Å². The number of halogens is 3. The molecule has 0 radical (unpaired) electrons. The predicted molar refractivity (Wildman–Crippen MR) is 194 cm³/mol. The van der Waals surface area contributed by atoms with Gasteiger partial charge in [-0.05, 0) is 86.3 Å². The van der Waals surface area contributed by atoms with E-state index in [0.717, 1.165) is 75.1 Å². The number of carbonyl (C=O) groups is 2. The van der Waals surface area contributed by atoms with Crippen molar-refractivity contribution in [1.29, 1.82) is 0 Å². The van der Waals surface area contributed by atoms with Gasteiger partial charge in [0.25, 0.3) is 11.3 Å². The fraction of sp³-hybridized carbons (Fsp3) is 0.432. The van der Waals surface area contributed by atoms with Crippen LogP contribution in [0.2, 0.25) is 0 Å². The van der Waals surface area contributed by atoms with Crippen LogP contribution in [-0.4, -0.2) is 86.1 Å². The summed E-state index contributed by atoms with van der Waals surface area (Å²) in [5.74, 6) is -2.60. The Morgan fingerprint density at radius 2 is 1.79 bits per heavy atom. The van der Waals surface area contributed by atoms with Crippen LogP contribution in [0.4, 0.5) is 24.5 Å². The molecule has 2 aromatic carbocycles. The fourth-order valence-electron chi connectivity index (χ4n) is 7.71. The number of H-pyrrole nitrogens is 1. The lowest BCUT2D eigenvalue weighted by Crippen LogP contribution is -2.43. The molecule has 0 spiro atoms. The summed E-state index contributed by atoms with van der Waals surface area (Å²) in [6.45, 7) is 4.58. The van der Waals surface area contributed by atoms with E-state index in [0.29, 0.717) is 39.4 Å². The number of anilines is 2. The molecule has 0 amide bonds. The van der Waals surface area contributed by atoms with Gasteiger partial charge in [0.1, 0.15) is 23.3 Å². The molecular weight excluding hydrogens is 712 g/mol. The molecule has 4 aromatic rings. The standard InChI is InChI=1S/C37H42F3N7O5S/c1-23(48)52-46-13-2-3-25(19-43-46)17-24-10-14-44(15-11-24)29-6-4-26(5-7-29)27-18-30-31(21-42-37(30)41-20-27)36(49)34-32(39)8-9-33(35(34)40)47(53(50)51)45-16-12-28(38)22-45/h4-9,18,20-21,24-25,28,43H,2-3,10-17,19,22H2,1H3,(H,41,42)(H,50,51)/t25-,28?/m1/s1. The molecule has 12 nitrogen and oxygen atoms in total. The summed E-state index contributed by atoms with van der Waals surface area (Å²) in [6.07, 6.45) is 7.18. The average molecular weight is 754 g/mol.